The Morgan fingerprint density at radius 1 is 1.24 bits per heavy atom. The van der Waals surface area contributed by atoms with Crippen LogP contribution in [0.25, 0.3) is 0 Å². The number of hydrogen-bond acceptors (Lipinski definition) is 10. The summed E-state index contributed by atoms with van der Waals surface area (Å²) in [7, 11) is 5.00. The average molecular weight is 583 g/mol. The van der Waals surface area contributed by atoms with Crippen molar-refractivity contribution in [1.29, 1.82) is 5.26 Å². The number of aromatic nitrogens is 2. The Hall–Kier alpha value is -3.44. The number of likely N-dealkylation sites (N-methyl/N-ethyl adjacent to an activating group) is 1. The standard InChI is InChI=1S/C28H38N8O4S/c1-18(17-41-5)31-22-12-23(30-14-21(22)13-29)32-28(38)36-8-6-7-19-11-20(15-35-10-9-34(2)16-24(35)37)25(33-26(19)36)27(39-3)40-4/h11-12,14,18,27H,6-10,15-17H2,1-5H3,(H2,30,31,32,38)/t18-/m1/s1. The third-order valence-corrected chi connectivity index (χ3v) is 7.95. The fourth-order valence-electron chi connectivity index (χ4n) is 5.07. The minimum Gasteiger partial charge on any atom is -0.381 e. The molecule has 3 amide bonds. The van der Waals surface area contributed by atoms with E-state index in [0.29, 0.717) is 54.8 Å². The van der Waals surface area contributed by atoms with Gasteiger partial charge in [-0.2, -0.15) is 17.0 Å². The first-order chi connectivity index (χ1) is 19.8. The van der Waals surface area contributed by atoms with Crippen LogP contribution in [0.2, 0.25) is 0 Å². The number of nitrogens with zero attached hydrogens (tertiary/aromatic N) is 6. The molecule has 2 aromatic heterocycles. The van der Waals surface area contributed by atoms with Crippen molar-refractivity contribution in [3.63, 3.8) is 0 Å². The molecule has 0 radical (unpaired) electrons. The van der Waals surface area contributed by atoms with E-state index in [0.717, 1.165) is 36.3 Å². The van der Waals surface area contributed by atoms with Gasteiger partial charge in [-0.05, 0) is 50.3 Å². The summed E-state index contributed by atoms with van der Waals surface area (Å²) in [6.07, 6.45) is 4.22. The quantitative estimate of drug-likeness (QED) is 0.402. The van der Waals surface area contributed by atoms with Crippen molar-refractivity contribution in [2.45, 2.75) is 38.6 Å². The highest BCUT2D eigenvalue weighted by atomic mass is 32.2. The van der Waals surface area contributed by atoms with Crippen LogP contribution in [0, 0.1) is 11.3 Å². The molecule has 13 heteroatoms. The van der Waals surface area contributed by atoms with Crippen LogP contribution in [0.3, 0.4) is 0 Å². The summed E-state index contributed by atoms with van der Waals surface area (Å²) in [6, 6.07) is 5.60. The molecule has 4 heterocycles. The number of carbonyl (C=O) groups is 2. The minimum atomic E-state index is -0.762. The van der Waals surface area contributed by atoms with Gasteiger partial charge in [-0.1, -0.05) is 0 Å². The smallest absolute Gasteiger partial charge is 0.328 e. The molecule has 1 saturated heterocycles. The minimum absolute atomic E-state index is 0.0569. The van der Waals surface area contributed by atoms with Crippen LogP contribution in [-0.4, -0.2) is 97.2 Å². The lowest BCUT2D eigenvalue weighted by Crippen LogP contribution is -2.48. The van der Waals surface area contributed by atoms with Crippen LogP contribution in [0.5, 0.6) is 0 Å². The van der Waals surface area contributed by atoms with Gasteiger partial charge in [-0.3, -0.25) is 19.9 Å². The summed E-state index contributed by atoms with van der Waals surface area (Å²) >= 11 is 1.70. The maximum absolute atomic E-state index is 13.5. The highest BCUT2D eigenvalue weighted by Crippen LogP contribution is 2.32. The Kier molecular flexibility index (Phi) is 10.4. The van der Waals surface area contributed by atoms with Gasteiger partial charge in [0.25, 0.3) is 0 Å². The van der Waals surface area contributed by atoms with Crippen LogP contribution in [0.1, 0.15) is 42.0 Å². The van der Waals surface area contributed by atoms with E-state index in [9.17, 15) is 14.9 Å². The number of aryl methyl sites for hydroxylation is 1. The molecule has 0 aromatic carbocycles. The number of rotatable bonds is 10. The SMILES string of the molecule is COC(OC)c1nc2c(cc1CN1CCN(C)CC1=O)CCCN2C(=O)Nc1cc(N[C@H](C)CSC)c(C#N)cn1. The van der Waals surface area contributed by atoms with Crippen LogP contribution < -0.4 is 15.5 Å². The molecule has 0 aliphatic carbocycles. The molecule has 1 fully saturated rings. The number of nitrogens with one attached hydrogen (secondary N) is 2. The van der Waals surface area contributed by atoms with Crippen molar-refractivity contribution >= 4 is 41.0 Å². The number of urea groups is 1. The number of hydrogen-bond donors (Lipinski definition) is 2. The molecule has 2 N–H and O–H groups in total. The first-order valence-electron chi connectivity index (χ1n) is 13.6. The highest BCUT2D eigenvalue weighted by molar-refractivity contribution is 7.98. The molecule has 2 aliphatic heterocycles. The monoisotopic (exact) mass is 582 g/mol. The van der Waals surface area contributed by atoms with Crippen LogP contribution in [0.15, 0.2) is 18.3 Å². The molecule has 2 aromatic rings. The Balaban J connectivity index is 1.61. The van der Waals surface area contributed by atoms with Gasteiger partial charge in [0.1, 0.15) is 23.4 Å². The van der Waals surface area contributed by atoms with Gasteiger partial charge >= 0.3 is 6.03 Å². The number of carbonyl (C=O) groups excluding carboxylic acids is 2. The Morgan fingerprint density at radius 2 is 2.02 bits per heavy atom. The first-order valence-corrected chi connectivity index (χ1v) is 15.0. The Morgan fingerprint density at radius 3 is 2.71 bits per heavy atom. The fourth-order valence-corrected chi connectivity index (χ4v) is 5.65. The summed E-state index contributed by atoms with van der Waals surface area (Å²) in [5, 5.41) is 15.7. The molecular formula is C28H38N8O4S. The molecule has 1 atom stereocenters. The van der Waals surface area contributed by atoms with Crippen molar-refractivity contribution in [1.82, 2.24) is 19.8 Å². The number of pyridine rings is 2. The Labute approximate surface area is 245 Å². The van der Waals surface area contributed by atoms with Crippen LogP contribution >= 0.6 is 11.8 Å². The van der Waals surface area contributed by atoms with Gasteiger partial charge in [0, 0.05) is 64.5 Å². The lowest BCUT2D eigenvalue weighted by atomic mass is 10.0. The number of anilines is 3. The Bertz CT molecular complexity index is 1300. The van der Waals surface area contributed by atoms with E-state index >= 15 is 0 Å². The zero-order valence-corrected chi connectivity index (χ0v) is 25.1. The van der Waals surface area contributed by atoms with Gasteiger partial charge in [-0.15, -0.1) is 0 Å². The van der Waals surface area contributed by atoms with Gasteiger partial charge in [0.05, 0.1) is 17.8 Å². The maximum Gasteiger partial charge on any atom is 0.328 e. The number of nitriles is 1. The highest BCUT2D eigenvalue weighted by Gasteiger charge is 2.30. The molecule has 41 heavy (non-hydrogen) atoms. The third kappa shape index (κ3) is 7.26. The number of amides is 3. The van der Waals surface area contributed by atoms with Gasteiger partial charge < -0.3 is 19.7 Å². The van der Waals surface area contributed by atoms with E-state index in [2.05, 4.69) is 21.7 Å². The maximum atomic E-state index is 13.5. The number of piperazine rings is 1. The largest absolute Gasteiger partial charge is 0.381 e. The predicted molar refractivity (Wildman–Crippen MR) is 159 cm³/mol. The second-order valence-electron chi connectivity index (χ2n) is 10.3. The van der Waals surface area contributed by atoms with E-state index in [1.807, 2.05) is 36.1 Å². The molecule has 12 nitrogen and oxygen atoms in total. The van der Waals surface area contributed by atoms with E-state index in [-0.39, 0.29) is 18.0 Å². The van der Waals surface area contributed by atoms with E-state index in [1.165, 1.54) is 20.4 Å². The molecular weight excluding hydrogens is 544 g/mol. The molecule has 4 rings (SSSR count). The molecule has 0 saturated carbocycles. The number of methoxy groups -OCH3 is 2. The zero-order valence-electron chi connectivity index (χ0n) is 24.3. The fraction of sp³-hybridized carbons (Fsp3) is 0.536. The molecule has 220 valence electrons. The van der Waals surface area contributed by atoms with Crippen molar-refractivity contribution < 1.29 is 19.1 Å². The van der Waals surface area contributed by atoms with Crippen molar-refractivity contribution in [2.24, 2.45) is 0 Å². The predicted octanol–water partition coefficient (Wildman–Crippen LogP) is 3.06. The number of fused-ring (bicyclic) bond motifs is 1. The van der Waals surface area contributed by atoms with E-state index < -0.39 is 6.29 Å². The van der Waals surface area contributed by atoms with Crippen LogP contribution in [0.4, 0.5) is 22.1 Å². The van der Waals surface area contributed by atoms with Crippen molar-refractivity contribution in [3.8, 4) is 6.07 Å². The topological polar surface area (TPSA) is 136 Å². The van der Waals surface area contributed by atoms with Crippen molar-refractivity contribution in [2.75, 3.05) is 75.0 Å². The summed E-state index contributed by atoms with van der Waals surface area (Å²) in [6.45, 7) is 4.68. The summed E-state index contributed by atoms with van der Waals surface area (Å²) in [4.78, 5) is 40.9. The third-order valence-electron chi connectivity index (χ3n) is 7.12. The van der Waals surface area contributed by atoms with Crippen molar-refractivity contribution in [3.05, 3.63) is 40.7 Å². The molecule has 0 bridgehead atoms. The lowest BCUT2D eigenvalue weighted by molar-refractivity contribution is -0.136. The summed E-state index contributed by atoms with van der Waals surface area (Å²) in [5.74, 6) is 1.78. The van der Waals surface area contributed by atoms with Crippen LogP contribution in [-0.2, 0) is 27.2 Å². The molecule has 0 spiro atoms. The number of thioether (sulfide) groups is 1. The summed E-state index contributed by atoms with van der Waals surface area (Å²) in [5.41, 5.74) is 3.30. The molecule has 2 aliphatic rings. The lowest BCUT2D eigenvalue weighted by Gasteiger charge is -2.34. The number of ether oxygens (including phenoxy) is 2. The first kappa shape index (κ1) is 30.5. The average Bonchev–Trinajstić information content (AvgIpc) is 2.95. The second kappa shape index (κ2) is 14.0. The zero-order chi connectivity index (χ0) is 29.5. The molecule has 0 unspecified atom stereocenters. The van der Waals surface area contributed by atoms with Gasteiger partial charge in [-0.25, -0.2) is 14.8 Å². The summed E-state index contributed by atoms with van der Waals surface area (Å²) < 4.78 is 11.1. The van der Waals surface area contributed by atoms with E-state index in [1.54, 1.807) is 22.7 Å². The van der Waals surface area contributed by atoms with Gasteiger partial charge in [0.15, 0.2) is 0 Å². The van der Waals surface area contributed by atoms with Gasteiger partial charge in [0.2, 0.25) is 12.2 Å². The normalized spacial score (nSPS) is 16.4. The van der Waals surface area contributed by atoms with E-state index in [4.69, 9.17) is 14.5 Å². The second-order valence-corrected chi connectivity index (χ2v) is 11.2.